The predicted octanol–water partition coefficient (Wildman–Crippen LogP) is 3.19. The van der Waals surface area contributed by atoms with Crippen molar-refractivity contribution in [3.63, 3.8) is 0 Å². The fourth-order valence-electron chi connectivity index (χ4n) is 1.79. The number of methoxy groups -OCH3 is 1. The first-order valence-electron chi connectivity index (χ1n) is 6.28. The Morgan fingerprint density at radius 2 is 2.14 bits per heavy atom. The van der Waals surface area contributed by atoms with Crippen LogP contribution in [0.2, 0.25) is 0 Å². The van der Waals surface area contributed by atoms with Crippen LogP contribution in [0.4, 0.5) is 0 Å². The summed E-state index contributed by atoms with van der Waals surface area (Å²) in [6, 6.07) is 11.0. The van der Waals surface area contributed by atoms with E-state index in [1.165, 1.54) is 13.3 Å². The number of nitrogens with one attached hydrogen (secondary N) is 1. The molecule has 0 saturated carbocycles. The van der Waals surface area contributed by atoms with E-state index in [9.17, 15) is 4.79 Å². The number of ether oxygens (including phenoxy) is 1. The molecule has 2 rings (SSSR count). The van der Waals surface area contributed by atoms with Crippen molar-refractivity contribution in [2.75, 3.05) is 7.11 Å². The minimum Gasteiger partial charge on any atom is -0.459 e. The quantitative estimate of drug-likeness (QED) is 0.665. The van der Waals surface area contributed by atoms with Crippen molar-refractivity contribution in [3.05, 3.63) is 58.0 Å². The molecule has 1 N–H and O–H groups in total. The Kier molecular flexibility index (Phi) is 5.30. The third-order valence-electron chi connectivity index (χ3n) is 2.82. The number of rotatable bonds is 5. The van der Waals surface area contributed by atoms with E-state index in [0.29, 0.717) is 5.76 Å². The Bertz CT molecular complexity index is 618. The van der Waals surface area contributed by atoms with E-state index in [1.54, 1.807) is 6.07 Å². The van der Waals surface area contributed by atoms with Crippen LogP contribution in [0.1, 0.15) is 23.2 Å². The summed E-state index contributed by atoms with van der Waals surface area (Å²) in [7, 11) is 1.48. The number of furan rings is 1. The van der Waals surface area contributed by atoms with Crippen molar-refractivity contribution in [3.8, 4) is 0 Å². The topological polar surface area (TPSA) is 63.8 Å². The molecule has 0 unspecified atom stereocenters. The summed E-state index contributed by atoms with van der Waals surface area (Å²) in [5, 5.41) is 3.87. The lowest BCUT2D eigenvalue weighted by atomic mass is 10.1. The maximum atomic E-state index is 12.0. The van der Waals surface area contributed by atoms with Crippen LogP contribution in [0, 0.1) is 6.92 Å². The molecule has 0 aliphatic rings. The van der Waals surface area contributed by atoms with Gasteiger partial charge in [-0.2, -0.15) is 5.10 Å². The second kappa shape index (κ2) is 7.19. The van der Waals surface area contributed by atoms with Gasteiger partial charge in [-0.05, 0) is 28.4 Å². The Hall–Kier alpha value is -1.92. The van der Waals surface area contributed by atoms with Gasteiger partial charge >= 0.3 is 0 Å². The minimum absolute atomic E-state index is 0.345. The maximum Gasteiger partial charge on any atom is 0.273 e. The number of carbonyl (C=O) groups is 1. The van der Waals surface area contributed by atoms with E-state index in [0.717, 1.165) is 15.8 Å². The third-order valence-corrected chi connectivity index (χ3v) is 3.61. The van der Waals surface area contributed by atoms with Crippen molar-refractivity contribution in [2.24, 2.45) is 5.10 Å². The highest BCUT2D eigenvalue weighted by Crippen LogP contribution is 2.19. The first-order chi connectivity index (χ1) is 10.1. The van der Waals surface area contributed by atoms with E-state index in [4.69, 9.17) is 9.15 Å². The van der Waals surface area contributed by atoms with Gasteiger partial charge in [0.2, 0.25) is 0 Å². The van der Waals surface area contributed by atoms with E-state index in [2.05, 4.69) is 26.5 Å². The predicted molar refractivity (Wildman–Crippen MR) is 83.1 cm³/mol. The molecule has 6 heteroatoms. The molecule has 110 valence electrons. The normalized spacial score (nSPS) is 12.5. The van der Waals surface area contributed by atoms with Gasteiger partial charge in [0.1, 0.15) is 11.5 Å². The van der Waals surface area contributed by atoms with Gasteiger partial charge < -0.3 is 9.15 Å². The molecule has 0 aliphatic carbocycles. The van der Waals surface area contributed by atoms with Crippen LogP contribution in [0.25, 0.3) is 0 Å². The van der Waals surface area contributed by atoms with Crippen molar-refractivity contribution in [1.82, 2.24) is 5.43 Å². The molecule has 1 heterocycles. The molecular formula is C15H15BrN2O3. The lowest BCUT2D eigenvalue weighted by molar-refractivity contribution is -0.131. The first-order valence-corrected chi connectivity index (χ1v) is 7.07. The van der Waals surface area contributed by atoms with E-state index in [1.807, 2.05) is 37.3 Å². The minimum atomic E-state index is -0.701. The molecule has 0 bridgehead atoms. The molecule has 2 aromatic rings. The average molecular weight is 351 g/mol. The highest BCUT2D eigenvalue weighted by atomic mass is 79.9. The number of halogens is 1. The van der Waals surface area contributed by atoms with Crippen molar-refractivity contribution in [1.29, 1.82) is 0 Å². The van der Waals surface area contributed by atoms with Crippen LogP contribution in [-0.4, -0.2) is 19.2 Å². The number of hydrogen-bond acceptors (Lipinski definition) is 4. The zero-order chi connectivity index (χ0) is 15.2. The van der Waals surface area contributed by atoms with Crippen LogP contribution < -0.4 is 5.43 Å². The zero-order valence-electron chi connectivity index (χ0n) is 11.7. The molecular weight excluding hydrogens is 336 g/mol. The Labute approximate surface area is 131 Å². The molecule has 0 saturated heterocycles. The highest BCUT2D eigenvalue weighted by molar-refractivity contribution is 9.10. The third kappa shape index (κ3) is 4.03. The summed E-state index contributed by atoms with van der Waals surface area (Å²) < 4.78 is 11.5. The monoisotopic (exact) mass is 350 g/mol. The lowest BCUT2D eigenvalue weighted by Crippen LogP contribution is -2.26. The molecule has 5 nitrogen and oxygen atoms in total. The molecule has 1 aromatic carbocycles. The van der Waals surface area contributed by atoms with Crippen LogP contribution >= 0.6 is 15.9 Å². The Morgan fingerprint density at radius 1 is 1.43 bits per heavy atom. The van der Waals surface area contributed by atoms with E-state index >= 15 is 0 Å². The van der Waals surface area contributed by atoms with Gasteiger partial charge in [0.25, 0.3) is 5.91 Å². The van der Waals surface area contributed by atoms with Crippen LogP contribution in [0.15, 0.2) is 50.4 Å². The van der Waals surface area contributed by atoms with Gasteiger partial charge in [-0.3, -0.25) is 4.79 Å². The molecule has 0 fully saturated rings. The molecule has 1 aromatic heterocycles. The number of nitrogens with zero attached hydrogens (tertiary/aromatic N) is 1. The largest absolute Gasteiger partial charge is 0.459 e. The van der Waals surface area contributed by atoms with Crippen molar-refractivity contribution in [2.45, 2.75) is 13.0 Å². The highest BCUT2D eigenvalue weighted by Gasteiger charge is 2.19. The molecule has 0 spiro atoms. The van der Waals surface area contributed by atoms with E-state index < -0.39 is 6.10 Å². The number of benzene rings is 1. The summed E-state index contributed by atoms with van der Waals surface area (Å²) in [5.74, 6) is 0.956. The number of amides is 1. The van der Waals surface area contributed by atoms with Gasteiger partial charge in [0, 0.05) is 13.2 Å². The van der Waals surface area contributed by atoms with Crippen molar-refractivity contribution < 1.29 is 13.9 Å². The second-order valence-electron chi connectivity index (χ2n) is 4.31. The summed E-state index contributed by atoms with van der Waals surface area (Å²) in [6.07, 6.45) is 0.737. The second-order valence-corrected chi connectivity index (χ2v) is 5.17. The summed E-state index contributed by atoms with van der Waals surface area (Å²) in [4.78, 5) is 12.0. The number of aryl methyl sites for hydroxylation is 1. The lowest BCUT2D eigenvalue weighted by Gasteiger charge is -2.13. The van der Waals surface area contributed by atoms with Gasteiger partial charge in [-0.1, -0.05) is 30.3 Å². The van der Waals surface area contributed by atoms with Crippen molar-refractivity contribution >= 4 is 28.1 Å². The number of carbonyl (C=O) groups excluding carboxylic acids is 1. The van der Waals surface area contributed by atoms with Crippen LogP contribution in [0.5, 0.6) is 0 Å². The van der Waals surface area contributed by atoms with Gasteiger partial charge in [0.15, 0.2) is 6.10 Å². The van der Waals surface area contributed by atoms with E-state index in [-0.39, 0.29) is 5.91 Å². The molecule has 21 heavy (non-hydrogen) atoms. The summed E-state index contributed by atoms with van der Waals surface area (Å²) in [6.45, 7) is 1.83. The number of hydrogen-bond donors (Lipinski definition) is 1. The molecule has 1 atom stereocenters. The maximum absolute atomic E-state index is 12.0. The SMILES string of the molecule is CO[C@H](C(=O)N/N=C\c1cc(Br)c(C)o1)c1ccccc1. The Morgan fingerprint density at radius 3 is 2.71 bits per heavy atom. The van der Waals surface area contributed by atoms with Gasteiger partial charge in [-0.25, -0.2) is 5.43 Å². The molecule has 0 radical (unpaired) electrons. The van der Waals surface area contributed by atoms with Gasteiger partial charge in [-0.15, -0.1) is 0 Å². The summed E-state index contributed by atoms with van der Waals surface area (Å²) in [5.41, 5.74) is 3.21. The fourth-order valence-corrected chi connectivity index (χ4v) is 2.09. The first kappa shape index (κ1) is 15.5. The standard InChI is InChI=1S/C15H15BrN2O3/c1-10-13(16)8-12(21-10)9-17-18-15(19)14(20-2)11-6-4-3-5-7-11/h3-9,14H,1-2H3,(H,18,19)/b17-9-/t14-/m0/s1. The summed E-state index contributed by atoms with van der Waals surface area (Å²) >= 11 is 3.34. The molecule has 0 aliphatic heterocycles. The average Bonchev–Trinajstić information content (AvgIpc) is 2.79. The fraction of sp³-hybridized carbons (Fsp3) is 0.200. The molecule has 1 amide bonds. The smallest absolute Gasteiger partial charge is 0.273 e. The van der Waals surface area contributed by atoms with Crippen LogP contribution in [0.3, 0.4) is 0 Å². The van der Waals surface area contributed by atoms with Gasteiger partial charge in [0.05, 0.1) is 10.7 Å². The number of hydrazone groups is 1. The zero-order valence-corrected chi connectivity index (χ0v) is 13.3. The Balaban J connectivity index is 2.00. The van der Waals surface area contributed by atoms with Crippen LogP contribution in [-0.2, 0) is 9.53 Å².